The van der Waals surface area contributed by atoms with E-state index in [1.54, 1.807) is 36.4 Å². The number of rotatable bonds is 6. The van der Waals surface area contributed by atoms with Crippen LogP contribution in [0.5, 0.6) is 0 Å². The van der Waals surface area contributed by atoms with Gasteiger partial charge < -0.3 is 5.32 Å². The summed E-state index contributed by atoms with van der Waals surface area (Å²) >= 11 is 2.18. The van der Waals surface area contributed by atoms with Crippen molar-refractivity contribution in [3.63, 3.8) is 0 Å². The number of sulfonamides is 1. The minimum atomic E-state index is -3.92. The lowest BCUT2D eigenvalue weighted by Gasteiger charge is -2.26. The van der Waals surface area contributed by atoms with Gasteiger partial charge in [0.25, 0.3) is 10.0 Å². The Morgan fingerprint density at radius 1 is 0.966 bits per heavy atom. The van der Waals surface area contributed by atoms with Crippen LogP contribution in [0, 0.1) is 17.4 Å². The largest absolute Gasteiger partial charge is 0.325 e. The highest BCUT2D eigenvalue weighted by Gasteiger charge is 2.28. The fourth-order valence-electron chi connectivity index (χ4n) is 2.87. The fraction of sp³-hybridized carbons (Fsp3) is 0.136. The summed E-state index contributed by atoms with van der Waals surface area (Å²) in [4.78, 5) is 12.9. The monoisotopic (exact) mass is 520 g/mol. The first-order valence-electron chi connectivity index (χ1n) is 8.98. The summed E-state index contributed by atoms with van der Waals surface area (Å²) in [5.74, 6) is -0.411. The van der Waals surface area contributed by atoms with E-state index in [4.69, 9.17) is 0 Å². The molecule has 0 saturated heterocycles. The maximum atomic E-state index is 13.4. The van der Waals surface area contributed by atoms with E-state index in [0.717, 1.165) is 14.7 Å². The number of carbonyl (C=O) groups is 1. The smallest absolute Gasteiger partial charge is 0.264 e. The molecule has 0 heterocycles. The number of anilines is 2. The average molecular weight is 520 g/mol. The van der Waals surface area contributed by atoms with Crippen molar-refractivity contribution in [3.05, 3.63) is 87.5 Å². The minimum absolute atomic E-state index is 0.142. The summed E-state index contributed by atoms with van der Waals surface area (Å²) < 4.78 is 29.0. The lowest BCUT2D eigenvalue weighted by Crippen LogP contribution is -2.38. The molecule has 0 spiro atoms. The first-order valence-corrected chi connectivity index (χ1v) is 11.5. The van der Waals surface area contributed by atoms with Gasteiger partial charge in [-0.25, -0.2) is 8.42 Å². The maximum absolute atomic E-state index is 13.4. The lowest BCUT2D eigenvalue weighted by molar-refractivity contribution is -0.114. The lowest BCUT2D eigenvalue weighted by atomic mass is 10.1. The number of amides is 1. The van der Waals surface area contributed by atoms with Crippen molar-refractivity contribution in [2.75, 3.05) is 16.2 Å². The summed E-state index contributed by atoms with van der Waals surface area (Å²) in [5.41, 5.74) is 2.80. The third kappa shape index (κ3) is 5.16. The third-order valence-corrected chi connectivity index (χ3v) is 6.87. The van der Waals surface area contributed by atoms with Crippen molar-refractivity contribution < 1.29 is 13.2 Å². The van der Waals surface area contributed by atoms with Crippen LogP contribution in [-0.2, 0) is 14.8 Å². The zero-order chi connectivity index (χ0) is 21.0. The number of aryl methyl sites for hydroxylation is 2. The van der Waals surface area contributed by atoms with E-state index in [0.29, 0.717) is 11.4 Å². The standard InChI is InChI=1S/C22H21IN2O3S/c1-16-8-9-17(2)21(14-16)25(29(27,28)20-6-4-3-5-7-20)15-22(26)24-19-12-10-18(23)11-13-19/h3-14H,15H2,1-2H3,(H,24,26). The van der Waals surface area contributed by atoms with E-state index in [1.165, 1.54) is 16.4 Å². The van der Waals surface area contributed by atoms with Gasteiger partial charge in [0.15, 0.2) is 0 Å². The molecule has 0 bridgehead atoms. The first-order chi connectivity index (χ1) is 13.8. The highest BCUT2D eigenvalue weighted by molar-refractivity contribution is 14.1. The SMILES string of the molecule is Cc1ccc(C)c(N(CC(=O)Nc2ccc(I)cc2)S(=O)(=O)c2ccccc2)c1. The quantitative estimate of drug-likeness (QED) is 0.478. The molecule has 0 aliphatic rings. The van der Waals surface area contributed by atoms with E-state index >= 15 is 0 Å². The summed E-state index contributed by atoms with van der Waals surface area (Å²) in [7, 11) is -3.92. The van der Waals surface area contributed by atoms with Gasteiger partial charge in [-0.1, -0.05) is 30.3 Å². The number of nitrogens with zero attached hydrogens (tertiary/aromatic N) is 1. The summed E-state index contributed by atoms with van der Waals surface area (Å²) in [6.07, 6.45) is 0. The second-order valence-electron chi connectivity index (χ2n) is 6.67. The highest BCUT2D eigenvalue weighted by Crippen LogP contribution is 2.28. The van der Waals surface area contributed by atoms with Crippen LogP contribution in [0.2, 0.25) is 0 Å². The molecule has 150 valence electrons. The molecule has 3 aromatic carbocycles. The van der Waals surface area contributed by atoms with Crippen LogP contribution in [0.1, 0.15) is 11.1 Å². The van der Waals surface area contributed by atoms with Gasteiger partial charge in [-0.2, -0.15) is 0 Å². The van der Waals surface area contributed by atoms with Crippen molar-refractivity contribution in [2.45, 2.75) is 18.7 Å². The Hall–Kier alpha value is -2.39. The summed E-state index contributed by atoms with van der Waals surface area (Å²) in [6.45, 7) is 3.40. The maximum Gasteiger partial charge on any atom is 0.264 e. The van der Waals surface area contributed by atoms with Crippen LogP contribution in [0.15, 0.2) is 77.7 Å². The first kappa shape index (κ1) is 21.3. The molecule has 7 heteroatoms. The molecule has 3 rings (SSSR count). The van der Waals surface area contributed by atoms with Crippen molar-refractivity contribution in [2.24, 2.45) is 0 Å². The molecule has 1 amide bonds. The molecular weight excluding hydrogens is 499 g/mol. The van der Waals surface area contributed by atoms with Crippen LogP contribution in [0.4, 0.5) is 11.4 Å². The number of halogens is 1. The van der Waals surface area contributed by atoms with Crippen LogP contribution in [0.25, 0.3) is 0 Å². The van der Waals surface area contributed by atoms with Crippen molar-refractivity contribution in [1.29, 1.82) is 0 Å². The molecule has 0 aliphatic carbocycles. The second-order valence-corrected chi connectivity index (χ2v) is 9.78. The molecule has 0 atom stereocenters. The van der Waals surface area contributed by atoms with Crippen molar-refractivity contribution in [1.82, 2.24) is 0 Å². The molecule has 0 aliphatic heterocycles. The number of benzene rings is 3. The van der Waals surface area contributed by atoms with Crippen LogP contribution >= 0.6 is 22.6 Å². The molecule has 3 aromatic rings. The van der Waals surface area contributed by atoms with Gasteiger partial charge in [-0.3, -0.25) is 9.10 Å². The van der Waals surface area contributed by atoms with Gasteiger partial charge in [0, 0.05) is 9.26 Å². The molecule has 0 unspecified atom stereocenters. The Kier molecular flexibility index (Phi) is 6.59. The van der Waals surface area contributed by atoms with Crippen molar-refractivity contribution >= 4 is 49.9 Å². The number of carbonyl (C=O) groups excluding carboxylic acids is 1. The summed E-state index contributed by atoms with van der Waals surface area (Å²) in [5, 5.41) is 2.78. The van der Waals surface area contributed by atoms with Gasteiger partial charge in [0.2, 0.25) is 5.91 Å². The third-order valence-electron chi connectivity index (χ3n) is 4.38. The van der Waals surface area contributed by atoms with E-state index < -0.39 is 15.9 Å². The Morgan fingerprint density at radius 2 is 1.62 bits per heavy atom. The van der Waals surface area contributed by atoms with Gasteiger partial charge in [0.05, 0.1) is 10.6 Å². The van der Waals surface area contributed by atoms with Crippen molar-refractivity contribution in [3.8, 4) is 0 Å². The number of hydrogen-bond donors (Lipinski definition) is 1. The summed E-state index contributed by atoms with van der Waals surface area (Å²) in [6, 6.07) is 21.0. The molecule has 29 heavy (non-hydrogen) atoms. The molecule has 0 radical (unpaired) electrons. The van der Waals surface area contributed by atoms with E-state index in [1.807, 2.05) is 38.1 Å². The Balaban J connectivity index is 1.98. The normalized spacial score (nSPS) is 11.1. The molecule has 0 aromatic heterocycles. The van der Waals surface area contributed by atoms with Gasteiger partial charge in [0.1, 0.15) is 6.54 Å². The zero-order valence-electron chi connectivity index (χ0n) is 16.1. The second kappa shape index (κ2) is 8.96. The molecule has 0 fully saturated rings. The Labute approximate surface area is 184 Å². The van der Waals surface area contributed by atoms with Gasteiger partial charge >= 0.3 is 0 Å². The van der Waals surface area contributed by atoms with Gasteiger partial charge in [-0.15, -0.1) is 0 Å². The topological polar surface area (TPSA) is 66.5 Å². The average Bonchev–Trinajstić information content (AvgIpc) is 2.70. The van der Waals surface area contributed by atoms with Gasteiger partial charge in [-0.05, 0) is 90.0 Å². The zero-order valence-corrected chi connectivity index (χ0v) is 19.1. The number of nitrogens with one attached hydrogen (secondary N) is 1. The number of hydrogen-bond acceptors (Lipinski definition) is 3. The van der Waals surface area contributed by atoms with E-state index in [-0.39, 0.29) is 11.4 Å². The molecule has 0 saturated carbocycles. The predicted octanol–water partition coefficient (Wildman–Crippen LogP) is 4.74. The highest BCUT2D eigenvalue weighted by atomic mass is 127. The molecule has 1 N–H and O–H groups in total. The predicted molar refractivity (Wildman–Crippen MR) is 125 cm³/mol. The Morgan fingerprint density at radius 3 is 2.28 bits per heavy atom. The molecular formula is C22H21IN2O3S. The fourth-order valence-corrected chi connectivity index (χ4v) is 4.73. The van der Waals surface area contributed by atoms with Crippen LogP contribution in [0.3, 0.4) is 0 Å². The van der Waals surface area contributed by atoms with Crippen LogP contribution in [-0.4, -0.2) is 20.9 Å². The molecule has 5 nitrogen and oxygen atoms in total. The Bertz CT molecular complexity index is 1110. The minimum Gasteiger partial charge on any atom is -0.325 e. The van der Waals surface area contributed by atoms with Crippen LogP contribution < -0.4 is 9.62 Å². The van der Waals surface area contributed by atoms with E-state index in [2.05, 4.69) is 27.9 Å². The van der Waals surface area contributed by atoms with E-state index in [9.17, 15) is 13.2 Å².